The summed E-state index contributed by atoms with van der Waals surface area (Å²) in [6, 6.07) is 5.03. The summed E-state index contributed by atoms with van der Waals surface area (Å²) in [6.45, 7) is 9.56. The SMILES string of the molecule is Cc1c(OCCO)ccc(C(C)N2CCC(NCC(=O)CCC3CCCC3)CC2)c1C. The van der Waals surface area contributed by atoms with Crippen molar-refractivity contribution < 1.29 is 14.6 Å². The number of likely N-dealkylation sites (tertiary alicyclic amines) is 1. The predicted molar refractivity (Wildman–Crippen MR) is 126 cm³/mol. The molecule has 5 heteroatoms. The second-order valence-electron chi connectivity index (χ2n) is 9.57. The van der Waals surface area contributed by atoms with Crippen LogP contribution in [0.15, 0.2) is 12.1 Å². The monoisotopic (exact) mass is 430 g/mol. The molecular weight excluding hydrogens is 388 g/mol. The number of carbonyl (C=O) groups excluding carboxylic acids is 1. The molecule has 0 aromatic heterocycles. The van der Waals surface area contributed by atoms with Crippen LogP contribution in [0.25, 0.3) is 0 Å². The molecule has 2 N–H and O–H groups in total. The zero-order chi connectivity index (χ0) is 22.2. The molecular formula is C26H42N2O3. The summed E-state index contributed by atoms with van der Waals surface area (Å²) in [7, 11) is 0. The normalized spacial score (nSPS) is 19.6. The molecule has 1 unspecified atom stereocenters. The van der Waals surface area contributed by atoms with E-state index in [9.17, 15) is 4.79 Å². The minimum absolute atomic E-state index is 0.0335. The van der Waals surface area contributed by atoms with Crippen LogP contribution in [0.2, 0.25) is 0 Å². The van der Waals surface area contributed by atoms with Crippen LogP contribution in [0.5, 0.6) is 5.75 Å². The summed E-state index contributed by atoms with van der Waals surface area (Å²) in [5, 5.41) is 12.5. The largest absolute Gasteiger partial charge is 0.491 e. The van der Waals surface area contributed by atoms with E-state index in [1.807, 2.05) is 6.07 Å². The van der Waals surface area contributed by atoms with Crippen molar-refractivity contribution in [2.75, 3.05) is 32.8 Å². The van der Waals surface area contributed by atoms with Gasteiger partial charge in [-0.3, -0.25) is 9.69 Å². The van der Waals surface area contributed by atoms with Crippen molar-refractivity contribution in [3.05, 3.63) is 28.8 Å². The molecule has 0 radical (unpaired) electrons. The van der Waals surface area contributed by atoms with Gasteiger partial charge in [0.25, 0.3) is 0 Å². The van der Waals surface area contributed by atoms with Crippen molar-refractivity contribution in [2.45, 2.75) is 84.2 Å². The van der Waals surface area contributed by atoms with Crippen molar-refractivity contribution >= 4 is 5.78 Å². The topological polar surface area (TPSA) is 61.8 Å². The van der Waals surface area contributed by atoms with Crippen LogP contribution in [0.3, 0.4) is 0 Å². The van der Waals surface area contributed by atoms with Crippen LogP contribution in [-0.2, 0) is 4.79 Å². The number of ether oxygens (including phenoxy) is 1. The van der Waals surface area contributed by atoms with Crippen molar-refractivity contribution in [2.24, 2.45) is 5.92 Å². The Morgan fingerprint density at radius 3 is 2.55 bits per heavy atom. The summed E-state index contributed by atoms with van der Waals surface area (Å²) >= 11 is 0. The quantitative estimate of drug-likeness (QED) is 0.547. The molecule has 1 heterocycles. The van der Waals surface area contributed by atoms with Gasteiger partial charge >= 0.3 is 0 Å². The first-order valence-corrected chi connectivity index (χ1v) is 12.3. The Morgan fingerprint density at radius 1 is 1.16 bits per heavy atom. The average Bonchev–Trinajstić information content (AvgIpc) is 3.31. The molecule has 1 aliphatic carbocycles. The number of hydrogen-bond donors (Lipinski definition) is 2. The second kappa shape index (κ2) is 12.0. The Hall–Kier alpha value is -1.43. The number of rotatable bonds is 11. The first kappa shape index (κ1) is 24.2. The molecule has 1 saturated carbocycles. The molecule has 1 saturated heterocycles. The van der Waals surface area contributed by atoms with E-state index in [0.717, 1.165) is 56.0 Å². The Kier molecular flexibility index (Phi) is 9.36. The molecule has 2 fully saturated rings. The number of benzene rings is 1. The number of aliphatic hydroxyl groups is 1. The van der Waals surface area contributed by atoms with Crippen LogP contribution in [0.1, 0.15) is 81.0 Å². The number of aliphatic hydroxyl groups excluding tert-OH is 1. The molecule has 0 bridgehead atoms. The fourth-order valence-corrected chi connectivity index (χ4v) is 5.28. The fourth-order valence-electron chi connectivity index (χ4n) is 5.28. The first-order chi connectivity index (χ1) is 15.0. The highest BCUT2D eigenvalue weighted by Crippen LogP contribution is 2.32. The molecule has 174 valence electrons. The Balaban J connectivity index is 1.42. The number of Topliss-reactive ketones (excluding diaryl/α,β-unsaturated/α-hetero) is 1. The van der Waals surface area contributed by atoms with Crippen molar-refractivity contribution in [1.82, 2.24) is 10.2 Å². The number of ketones is 1. The number of hydrogen-bond acceptors (Lipinski definition) is 5. The summed E-state index contributed by atoms with van der Waals surface area (Å²) in [5.74, 6) is 2.05. The molecule has 0 spiro atoms. The third-order valence-electron chi connectivity index (χ3n) is 7.55. The molecule has 1 aliphatic heterocycles. The molecule has 1 aromatic carbocycles. The minimum Gasteiger partial charge on any atom is -0.491 e. The van der Waals surface area contributed by atoms with Crippen LogP contribution >= 0.6 is 0 Å². The van der Waals surface area contributed by atoms with Gasteiger partial charge in [0, 0.05) is 31.6 Å². The maximum absolute atomic E-state index is 12.3. The Labute approximate surface area is 188 Å². The van der Waals surface area contributed by atoms with E-state index >= 15 is 0 Å². The molecule has 5 nitrogen and oxygen atoms in total. The van der Waals surface area contributed by atoms with Crippen molar-refractivity contribution in [3.8, 4) is 5.75 Å². The maximum atomic E-state index is 12.3. The maximum Gasteiger partial charge on any atom is 0.146 e. The van der Waals surface area contributed by atoms with Crippen molar-refractivity contribution in [1.29, 1.82) is 0 Å². The van der Waals surface area contributed by atoms with E-state index in [4.69, 9.17) is 9.84 Å². The standard InChI is InChI=1S/C26H42N2O3/c1-19-20(2)26(31-17-16-29)11-10-25(19)21(3)28-14-12-23(13-15-28)27-18-24(30)9-8-22-6-4-5-7-22/h10-11,21-23,27,29H,4-9,12-18H2,1-3H3. The lowest BCUT2D eigenvalue weighted by molar-refractivity contribution is -0.118. The van der Waals surface area contributed by atoms with Gasteiger partial charge in [0.2, 0.25) is 0 Å². The molecule has 0 amide bonds. The van der Waals surface area contributed by atoms with Gasteiger partial charge in [-0.25, -0.2) is 0 Å². The van der Waals surface area contributed by atoms with Gasteiger partial charge in [-0.1, -0.05) is 31.7 Å². The summed E-state index contributed by atoms with van der Waals surface area (Å²) in [4.78, 5) is 14.8. The number of carbonyl (C=O) groups is 1. The highest BCUT2D eigenvalue weighted by atomic mass is 16.5. The Bertz CT molecular complexity index is 707. The lowest BCUT2D eigenvalue weighted by Crippen LogP contribution is -2.44. The van der Waals surface area contributed by atoms with E-state index in [1.54, 1.807) is 0 Å². The van der Waals surface area contributed by atoms with E-state index in [0.29, 0.717) is 31.0 Å². The van der Waals surface area contributed by atoms with Crippen LogP contribution in [0.4, 0.5) is 0 Å². The molecule has 31 heavy (non-hydrogen) atoms. The molecule has 1 aromatic rings. The smallest absolute Gasteiger partial charge is 0.146 e. The van der Waals surface area contributed by atoms with E-state index in [2.05, 4.69) is 37.1 Å². The fraction of sp³-hybridized carbons (Fsp3) is 0.731. The van der Waals surface area contributed by atoms with Crippen LogP contribution in [-0.4, -0.2) is 54.7 Å². The lowest BCUT2D eigenvalue weighted by Gasteiger charge is -2.37. The van der Waals surface area contributed by atoms with Gasteiger partial charge in [0.05, 0.1) is 13.2 Å². The molecule has 1 atom stereocenters. The minimum atomic E-state index is 0.0335. The van der Waals surface area contributed by atoms with Gasteiger partial charge in [-0.15, -0.1) is 0 Å². The summed E-state index contributed by atoms with van der Waals surface area (Å²) in [6.07, 6.45) is 9.41. The van der Waals surface area contributed by atoms with Gasteiger partial charge in [0.15, 0.2) is 0 Å². The third kappa shape index (κ3) is 6.77. The van der Waals surface area contributed by atoms with Gasteiger partial charge in [0.1, 0.15) is 18.1 Å². The summed E-state index contributed by atoms with van der Waals surface area (Å²) < 4.78 is 5.65. The zero-order valence-electron chi connectivity index (χ0n) is 19.8. The summed E-state index contributed by atoms with van der Waals surface area (Å²) in [5.41, 5.74) is 3.78. The number of nitrogens with zero attached hydrogens (tertiary/aromatic N) is 1. The highest BCUT2D eigenvalue weighted by Gasteiger charge is 2.25. The Morgan fingerprint density at radius 2 is 1.87 bits per heavy atom. The van der Waals surface area contributed by atoms with Gasteiger partial charge in [-0.05, 0) is 68.7 Å². The van der Waals surface area contributed by atoms with Crippen LogP contribution in [0, 0.1) is 19.8 Å². The third-order valence-corrected chi connectivity index (χ3v) is 7.55. The van der Waals surface area contributed by atoms with Gasteiger partial charge < -0.3 is 15.2 Å². The van der Waals surface area contributed by atoms with Crippen molar-refractivity contribution in [3.63, 3.8) is 0 Å². The van der Waals surface area contributed by atoms with E-state index < -0.39 is 0 Å². The van der Waals surface area contributed by atoms with E-state index in [-0.39, 0.29) is 6.61 Å². The van der Waals surface area contributed by atoms with E-state index in [1.165, 1.54) is 36.8 Å². The lowest BCUT2D eigenvalue weighted by atomic mass is 9.94. The number of nitrogens with one attached hydrogen (secondary N) is 1. The van der Waals surface area contributed by atoms with Crippen LogP contribution < -0.4 is 10.1 Å². The first-order valence-electron chi connectivity index (χ1n) is 12.3. The highest BCUT2D eigenvalue weighted by molar-refractivity contribution is 5.80. The molecule has 2 aliphatic rings. The average molecular weight is 431 g/mol. The predicted octanol–water partition coefficient (Wildman–Crippen LogP) is 4.33. The zero-order valence-corrected chi connectivity index (χ0v) is 19.8. The van der Waals surface area contributed by atoms with Gasteiger partial charge in [-0.2, -0.15) is 0 Å². The number of piperidine rings is 1. The second-order valence-corrected chi connectivity index (χ2v) is 9.57. The molecule has 3 rings (SSSR count).